The third-order valence-corrected chi connectivity index (χ3v) is 3.66. The first-order chi connectivity index (χ1) is 12.4. The van der Waals surface area contributed by atoms with Crippen LogP contribution in [0.25, 0.3) is 11.0 Å². The molecule has 2 N–H and O–H groups in total. The Kier molecular flexibility index (Phi) is 5.27. The largest absolute Gasteiger partial charge is 0.423 e. The summed E-state index contributed by atoms with van der Waals surface area (Å²) < 4.78 is 24.0. The molecule has 0 fully saturated rings. The summed E-state index contributed by atoms with van der Waals surface area (Å²) in [6.07, 6.45) is 0. The summed E-state index contributed by atoms with van der Waals surface area (Å²) in [5, 5.41) is 10.6. The first-order valence-corrected chi connectivity index (χ1v) is 8.27. The van der Waals surface area contributed by atoms with E-state index in [0.717, 1.165) is 0 Å². The number of halogens is 1. The van der Waals surface area contributed by atoms with Crippen molar-refractivity contribution in [1.82, 2.24) is 25.5 Å². The molecule has 26 heavy (non-hydrogen) atoms. The van der Waals surface area contributed by atoms with Gasteiger partial charge in [-0.1, -0.05) is 13.8 Å². The molecular weight excluding hydrogens is 341 g/mol. The van der Waals surface area contributed by atoms with Gasteiger partial charge in [0.2, 0.25) is 17.7 Å². The van der Waals surface area contributed by atoms with Crippen molar-refractivity contribution in [1.29, 1.82) is 0 Å². The number of nitrogens with one attached hydrogen (secondary N) is 2. The topological polar surface area (TPSA) is 106 Å². The van der Waals surface area contributed by atoms with Crippen LogP contribution < -0.4 is 5.32 Å². The highest BCUT2D eigenvalue weighted by molar-refractivity contribution is 5.77. The van der Waals surface area contributed by atoms with E-state index < -0.39 is 6.04 Å². The highest BCUT2D eigenvalue weighted by Gasteiger charge is 2.17. The van der Waals surface area contributed by atoms with Crippen LogP contribution in [-0.4, -0.2) is 32.7 Å². The molecule has 0 spiro atoms. The van der Waals surface area contributed by atoms with Crippen molar-refractivity contribution in [2.24, 2.45) is 0 Å². The number of ether oxygens (including phenoxy) is 1. The molecule has 2 heterocycles. The molecule has 0 aliphatic rings. The van der Waals surface area contributed by atoms with Gasteiger partial charge in [0.25, 0.3) is 0 Å². The van der Waals surface area contributed by atoms with Crippen LogP contribution in [0.3, 0.4) is 0 Å². The number of nitrogens with zero attached hydrogens (tertiary/aromatic N) is 3. The van der Waals surface area contributed by atoms with Crippen molar-refractivity contribution in [3.63, 3.8) is 0 Å². The number of amides is 1. The van der Waals surface area contributed by atoms with E-state index in [1.165, 1.54) is 12.1 Å². The average Bonchev–Trinajstić information content (AvgIpc) is 3.20. The number of H-pyrrole nitrogens is 1. The van der Waals surface area contributed by atoms with Crippen LogP contribution >= 0.6 is 0 Å². The third-order valence-electron chi connectivity index (χ3n) is 3.66. The summed E-state index contributed by atoms with van der Waals surface area (Å²) in [7, 11) is 0. The monoisotopic (exact) mass is 361 g/mol. The van der Waals surface area contributed by atoms with Crippen LogP contribution in [0.2, 0.25) is 0 Å². The SMILES string of the molecule is CC(C)c1nnc([C@@H](C)NC(=O)COCc2nc3ccc(F)cc3[nH]2)o1. The Balaban J connectivity index is 1.48. The molecule has 2 aromatic heterocycles. The van der Waals surface area contributed by atoms with Gasteiger partial charge in [0, 0.05) is 5.92 Å². The van der Waals surface area contributed by atoms with E-state index in [4.69, 9.17) is 9.15 Å². The first kappa shape index (κ1) is 18.0. The van der Waals surface area contributed by atoms with Gasteiger partial charge in [-0.2, -0.15) is 0 Å². The van der Waals surface area contributed by atoms with Crippen LogP contribution in [0.5, 0.6) is 0 Å². The molecule has 1 amide bonds. The summed E-state index contributed by atoms with van der Waals surface area (Å²) in [6, 6.07) is 3.86. The zero-order chi connectivity index (χ0) is 18.7. The maximum Gasteiger partial charge on any atom is 0.246 e. The van der Waals surface area contributed by atoms with E-state index in [0.29, 0.717) is 28.6 Å². The summed E-state index contributed by atoms with van der Waals surface area (Å²) in [5.41, 5.74) is 1.22. The summed E-state index contributed by atoms with van der Waals surface area (Å²) >= 11 is 0. The maximum atomic E-state index is 13.2. The van der Waals surface area contributed by atoms with Gasteiger partial charge in [-0.3, -0.25) is 4.79 Å². The normalized spacial score (nSPS) is 12.7. The molecule has 9 heteroatoms. The number of aromatic amines is 1. The Morgan fingerprint density at radius 1 is 1.31 bits per heavy atom. The number of imidazole rings is 1. The van der Waals surface area contributed by atoms with Gasteiger partial charge in [0.15, 0.2) is 0 Å². The van der Waals surface area contributed by atoms with Crippen LogP contribution in [-0.2, 0) is 16.1 Å². The molecule has 1 aromatic carbocycles. The first-order valence-electron chi connectivity index (χ1n) is 8.27. The van der Waals surface area contributed by atoms with E-state index >= 15 is 0 Å². The number of carbonyl (C=O) groups excluding carboxylic acids is 1. The van der Waals surface area contributed by atoms with Crippen molar-refractivity contribution in [2.45, 2.75) is 39.3 Å². The van der Waals surface area contributed by atoms with Gasteiger partial charge in [0.05, 0.1) is 11.0 Å². The zero-order valence-electron chi connectivity index (χ0n) is 14.7. The minimum atomic E-state index is -0.416. The number of aromatic nitrogens is 4. The molecule has 0 bridgehead atoms. The standard InChI is InChI=1S/C17H20FN5O3/c1-9(2)16-22-23-17(26-16)10(3)19-15(24)8-25-7-14-20-12-5-4-11(18)6-13(12)21-14/h4-6,9-10H,7-8H2,1-3H3,(H,19,24)(H,20,21)/t10-/m1/s1. The van der Waals surface area contributed by atoms with Crippen LogP contribution in [0.15, 0.2) is 22.6 Å². The Morgan fingerprint density at radius 2 is 2.08 bits per heavy atom. The lowest BCUT2D eigenvalue weighted by atomic mass is 10.2. The smallest absolute Gasteiger partial charge is 0.246 e. The van der Waals surface area contributed by atoms with Gasteiger partial charge >= 0.3 is 0 Å². The van der Waals surface area contributed by atoms with Crippen molar-refractivity contribution in [2.75, 3.05) is 6.61 Å². The quantitative estimate of drug-likeness (QED) is 0.670. The van der Waals surface area contributed by atoms with E-state index in [9.17, 15) is 9.18 Å². The lowest BCUT2D eigenvalue weighted by Gasteiger charge is -2.10. The molecule has 0 saturated carbocycles. The van der Waals surface area contributed by atoms with Gasteiger partial charge in [-0.15, -0.1) is 10.2 Å². The number of hydrogen-bond acceptors (Lipinski definition) is 6. The molecule has 138 valence electrons. The molecule has 8 nitrogen and oxygen atoms in total. The fourth-order valence-corrected chi connectivity index (χ4v) is 2.34. The predicted molar refractivity (Wildman–Crippen MR) is 90.7 cm³/mol. The number of rotatable bonds is 7. The van der Waals surface area contributed by atoms with Crippen molar-refractivity contribution < 1.29 is 18.3 Å². The minimum absolute atomic E-state index is 0.107. The van der Waals surface area contributed by atoms with E-state index in [2.05, 4.69) is 25.5 Å². The molecule has 0 unspecified atom stereocenters. The highest BCUT2D eigenvalue weighted by atomic mass is 19.1. The van der Waals surface area contributed by atoms with Crippen molar-refractivity contribution in [3.8, 4) is 0 Å². The predicted octanol–water partition coefficient (Wildman–Crippen LogP) is 2.60. The fourth-order valence-electron chi connectivity index (χ4n) is 2.34. The lowest BCUT2D eigenvalue weighted by molar-refractivity contribution is -0.127. The fraction of sp³-hybridized carbons (Fsp3) is 0.412. The lowest BCUT2D eigenvalue weighted by Crippen LogP contribution is -2.30. The average molecular weight is 361 g/mol. The van der Waals surface area contributed by atoms with Crippen LogP contribution in [0.1, 0.15) is 50.3 Å². The second-order valence-corrected chi connectivity index (χ2v) is 6.26. The van der Waals surface area contributed by atoms with Crippen LogP contribution in [0.4, 0.5) is 4.39 Å². The Bertz CT molecular complexity index is 905. The summed E-state index contributed by atoms with van der Waals surface area (Å²) in [6.45, 7) is 5.60. The summed E-state index contributed by atoms with van der Waals surface area (Å²) in [4.78, 5) is 19.2. The molecule has 1 atom stereocenters. The van der Waals surface area contributed by atoms with Gasteiger partial charge in [-0.05, 0) is 25.1 Å². The molecule has 3 aromatic rings. The molecule has 0 aliphatic carbocycles. The van der Waals surface area contributed by atoms with Gasteiger partial charge in [0.1, 0.15) is 30.9 Å². The van der Waals surface area contributed by atoms with E-state index in [-0.39, 0.29) is 30.9 Å². The molecule has 0 saturated heterocycles. The Labute approximate surface area is 149 Å². The van der Waals surface area contributed by atoms with Gasteiger partial charge < -0.3 is 19.5 Å². The number of carbonyl (C=O) groups is 1. The second kappa shape index (κ2) is 7.61. The molecular formula is C17H20FN5O3. The van der Waals surface area contributed by atoms with E-state index in [1.54, 1.807) is 13.0 Å². The minimum Gasteiger partial charge on any atom is -0.423 e. The number of fused-ring (bicyclic) bond motifs is 1. The van der Waals surface area contributed by atoms with Gasteiger partial charge in [-0.25, -0.2) is 9.37 Å². The molecule has 0 radical (unpaired) electrons. The van der Waals surface area contributed by atoms with Crippen molar-refractivity contribution >= 4 is 16.9 Å². The molecule has 0 aliphatic heterocycles. The molecule has 3 rings (SSSR count). The van der Waals surface area contributed by atoms with E-state index in [1.807, 2.05) is 13.8 Å². The van der Waals surface area contributed by atoms with Crippen LogP contribution in [0, 0.1) is 5.82 Å². The third kappa shape index (κ3) is 4.23. The Morgan fingerprint density at radius 3 is 2.81 bits per heavy atom. The number of hydrogen-bond donors (Lipinski definition) is 2. The summed E-state index contributed by atoms with van der Waals surface area (Å²) in [5.74, 6) is 0.859. The number of benzene rings is 1. The second-order valence-electron chi connectivity index (χ2n) is 6.26. The highest BCUT2D eigenvalue weighted by Crippen LogP contribution is 2.16. The van der Waals surface area contributed by atoms with Crippen molar-refractivity contribution in [3.05, 3.63) is 41.6 Å². The zero-order valence-corrected chi connectivity index (χ0v) is 14.7. The Hall–Kier alpha value is -2.81. The maximum absolute atomic E-state index is 13.2.